The normalized spacial score (nSPS) is 11.9. The van der Waals surface area contributed by atoms with Crippen LogP contribution in [-0.4, -0.2) is 24.4 Å². The Balaban J connectivity index is 1.63. The van der Waals surface area contributed by atoms with E-state index in [0.717, 1.165) is 16.9 Å². The van der Waals surface area contributed by atoms with Crippen LogP contribution in [0, 0.1) is 0 Å². The molecule has 0 aliphatic carbocycles. The number of likely N-dealkylation sites (N-methyl/N-ethyl adjacent to an activating group) is 1. The number of halogens is 1. The summed E-state index contributed by atoms with van der Waals surface area (Å²) in [7, 11) is 1.79. The molecule has 0 aliphatic heterocycles. The summed E-state index contributed by atoms with van der Waals surface area (Å²) in [6, 6.07) is 21.0. The van der Waals surface area contributed by atoms with E-state index in [-0.39, 0.29) is 18.5 Å². The van der Waals surface area contributed by atoms with Crippen LogP contribution in [0.5, 0.6) is 0 Å². The highest BCUT2D eigenvalue weighted by atomic mass is 35.5. The Morgan fingerprint density at radius 1 is 1.08 bits per heavy atom. The first-order valence-electron chi connectivity index (χ1n) is 8.43. The first-order valence-corrected chi connectivity index (χ1v) is 8.81. The molecule has 1 aromatic heterocycles. The fourth-order valence-electron chi connectivity index (χ4n) is 2.76. The van der Waals surface area contributed by atoms with Crippen LogP contribution in [0.4, 0.5) is 0 Å². The number of carbonyl (C=O) groups is 1. The van der Waals surface area contributed by atoms with Crippen LogP contribution >= 0.6 is 11.6 Å². The van der Waals surface area contributed by atoms with E-state index >= 15 is 0 Å². The van der Waals surface area contributed by atoms with Crippen LogP contribution in [0.25, 0.3) is 0 Å². The Kier molecular flexibility index (Phi) is 6.10. The van der Waals surface area contributed by atoms with Crippen molar-refractivity contribution in [3.05, 3.63) is 94.9 Å². The lowest BCUT2D eigenvalue weighted by atomic mass is 10.0. The van der Waals surface area contributed by atoms with Crippen molar-refractivity contribution in [2.24, 2.45) is 0 Å². The minimum Gasteiger partial charge on any atom is -0.467 e. The van der Waals surface area contributed by atoms with E-state index in [1.807, 2.05) is 66.7 Å². The van der Waals surface area contributed by atoms with Gasteiger partial charge in [-0.25, -0.2) is 0 Å². The molecular formula is C21H21ClN2O2. The van der Waals surface area contributed by atoms with Gasteiger partial charge in [0.25, 0.3) is 0 Å². The first kappa shape index (κ1) is 18.2. The van der Waals surface area contributed by atoms with Crippen LogP contribution in [0.2, 0.25) is 5.02 Å². The maximum absolute atomic E-state index is 12.5. The lowest BCUT2D eigenvalue weighted by molar-refractivity contribution is -0.129. The SMILES string of the molecule is CN(Cc1ccc(Cl)cc1)C(=O)CN[C@H](c1ccccc1)c1ccco1. The second kappa shape index (κ2) is 8.70. The van der Waals surface area contributed by atoms with Gasteiger partial charge < -0.3 is 9.32 Å². The van der Waals surface area contributed by atoms with Crippen molar-refractivity contribution in [1.29, 1.82) is 0 Å². The molecule has 134 valence electrons. The molecule has 4 nitrogen and oxygen atoms in total. The highest BCUT2D eigenvalue weighted by Gasteiger charge is 2.18. The predicted molar refractivity (Wildman–Crippen MR) is 103 cm³/mol. The zero-order valence-electron chi connectivity index (χ0n) is 14.6. The van der Waals surface area contributed by atoms with Gasteiger partial charge in [-0.3, -0.25) is 10.1 Å². The van der Waals surface area contributed by atoms with E-state index in [1.165, 1.54) is 0 Å². The van der Waals surface area contributed by atoms with Gasteiger partial charge in [-0.2, -0.15) is 0 Å². The molecule has 0 saturated heterocycles. The molecule has 1 atom stereocenters. The quantitative estimate of drug-likeness (QED) is 0.677. The number of rotatable bonds is 7. The van der Waals surface area contributed by atoms with Crippen molar-refractivity contribution >= 4 is 17.5 Å². The molecule has 1 N–H and O–H groups in total. The van der Waals surface area contributed by atoms with Crippen molar-refractivity contribution < 1.29 is 9.21 Å². The van der Waals surface area contributed by atoms with Crippen molar-refractivity contribution in [2.75, 3.05) is 13.6 Å². The minimum absolute atomic E-state index is 0.00689. The summed E-state index contributed by atoms with van der Waals surface area (Å²) in [4.78, 5) is 14.2. The molecule has 0 saturated carbocycles. The van der Waals surface area contributed by atoms with E-state index < -0.39 is 0 Å². The number of hydrogen-bond donors (Lipinski definition) is 1. The van der Waals surface area contributed by atoms with Gasteiger partial charge >= 0.3 is 0 Å². The Morgan fingerprint density at radius 2 is 1.81 bits per heavy atom. The molecule has 0 fully saturated rings. The van der Waals surface area contributed by atoms with E-state index in [1.54, 1.807) is 18.2 Å². The zero-order valence-corrected chi connectivity index (χ0v) is 15.3. The van der Waals surface area contributed by atoms with E-state index in [0.29, 0.717) is 11.6 Å². The first-order chi connectivity index (χ1) is 12.6. The van der Waals surface area contributed by atoms with Gasteiger partial charge in [0, 0.05) is 18.6 Å². The second-order valence-corrected chi connectivity index (χ2v) is 6.55. The Hall–Kier alpha value is -2.56. The topological polar surface area (TPSA) is 45.5 Å². The van der Waals surface area contributed by atoms with Gasteiger partial charge in [0.15, 0.2) is 0 Å². The van der Waals surface area contributed by atoms with Crippen LogP contribution in [0.1, 0.15) is 22.9 Å². The molecule has 26 heavy (non-hydrogen) atoms. The fourth-order valence-corrected chi connectivity index (χ4v) is 2.89. The van der Waals surface area contributed by atoms with Gasteiger partial charge in [0.2, 0.25) is 5.91 Å². The predicted octanol–water partition coefficient (Wildman–Crippen LogP) is 4.27. The largest absolute Gasteiger partial charge is 0.467 e. The smallest absolute Gasteiger partial charge is 0.236 e. The van der Waals surface area contributed by atoms with Crippen molar-refractivity contribution in [3.8, 4) is 0 Å². The van der Waals surface area contributed by atoms with Crippen LogP contribution < -0.4 is 5.32 Å². The summed E-state index contributed by atoms with van der Waals surface area (Å²) in [5.41, 5.74) is 2.09. The minimum atomic E-state index is -0.168. The number of carbonyl (C=O) groups excluding carboxylic acids is 1. The van der Waals surface area contributed by atoms with E-state index in [4.69, 9.17) is 16.0 Å². The molecular weight excluding hydrogens is 348 g/mol. The number of benzene rings is 2. The van der Waals surface area contributed by atoms with Gasteiger partial charge in [-0.1, -0.05) is 54.1 Å². The molecule has 0 aliphatic rings. The summed E-state index contributed by atoms with van der Waals surface area (Å²) in [6.07, 6.45) is 1.64. The van der Waals surface area contributed by atoms with Crippen molar-refractivity contribution in [2.45, 2.75) is 12.6 Å². The third kappa shape index (κ3) is 4.75. The number of nitrogens with one attached hydrogen (secondary N) is 1. The summed E-state index contributed by atoms with van der Waals surface area (Å²) in [5.74, 6) is 0.789. The number of nitrogens with zero attached hydrogens (tertiary/aromatic N) is 1. The van der Waals surface area contributed by atoms with Gasteiger partial charge in [-0.05, 0) is 35.4 Å². The third-order valence-electron chi connectivity index (χ3n) is 4.18. The van der Waals surface area contributed by atoms with Crippen molar-refractivity contribution in [1.82, 2.24) is 10.2 Å². The average molecular weight is 369 g/mol. The number of amides is 1. The maximum atomic E-state index is 12.5. The standard InChI is InChI=1S/C21H21ClN2O2/c1-24(15-16-9-11-18(22)12-10-16)20(25)14-23-21(19-8-5-13-26-19)17-6-3-2-4-7-17/h2-13,21,23H,14-15H2,1H3/t21-/m1/s1. The van der Waals surface area contributed by atoms with Crippen molar-refractivity contribution in [3.63, 3.8) is 0 Å². The maximum Gasteiger partial charge on any atom is 0.236 e. The molecule has 0 unspecified atom stereocenters. The van der Waals surface area contributed by atoms with E-state index in [9.17, 15) is 4.79 Å². The van der Waals surface area contributed by atoms with Crippen LogP contribution in [0.15, 0.2) is 77.4 Å². The molecule has 5 heteroatoms. The lowest BCUT2D eigenvalue weighted by Crippen LogP contribution is -2.37. The van der Waals surface area contributed by atoms with Crippen LogP contribution in [-0.2, 0) is 11.3 Å². The number of furan rings is 1. The Morgan fingerprint density at radius 3 is 2.46 bits per heavy atom. The molecule has 0 spiro atoms. The second-order valence-electron chi connectivity index (χ2n) is 6.12. The molecule has 0 radical (unpaired) electrons. The lowest BCUT2D eigenvalue weighted by Gasteiger charge is -2.21. The molecule has 2 aromatic carbocycles. The molecule has 0 bridgehead atoms. The average Bonchev–Trinajstić information content (AvgIpc) is 3.19. The van der Waals surface area contributed by atoms with Crippen LogP contribution in [0.3, 0.4) is 0 Å². The zero-order chi connectivity index (χ0) is 18.4. The van der Waals surface area contributed by atoms with Gasteiger partial charge in [-0.15, -0.1) is 0 Å². The highest BCUT2D eigenvalue weighted by Crippen LogP contribution is 2.22. The molecule has 1 heterocycles. The van der Waals surface area contributed by atoms with E-state index in [2.05, 4.69) is 5.32 Å². The third-order valence-corrected chi connectivity index (χ3v) is 4.43. The van der Waals surface area contributed by atoms with Gasteiger partial charge in [0.1, 0.15) is 5.76 Å². The summed E-state index contributed by atoms with van der Waals surface area (Å²) in [6.45, 7) is 0.749. The summed E-state index contributed by atoms with van der Waals surface area (Å²) in [5, 5.41) is 4.00. The summed E-state index contributed by atoms with van der Waals surface area (Å²) >= 11 is 5.90. The monoisotopic (exact) mass is 368 g/mol. The molecule has 3 aromatic rings. The molecule has 1 amide bonds. The van der Waals surface area contributed by atoms with Gasteiger partial charge in [0.05, 0.1) is 18.8 Å². The molecule has 3 rings (SSSR count). The summed E-state index contributed by atoms with van der Waals surface area (Å²) < 4.78 is 5.55. The Labute approximate surface area is 158 Å². The highest BCUT2D eigenvalue weighted by molar-refractivity contribution is 6.30. The fraction of sp³-hybridized carbons (Fsp3) is 0.190. The number of hydrogen-bond acceptors (Lipinski definition) is 3. The Bertz CT molecular complexity index is 817.